The molecule has 0 rings (SSSR count). The molecular formula is C6H14N4O3. The largest absolute Gasteiger partial charge is 0.349 e. The van der Waals surface area contributed by atoms with E-state index in [1.807, 2.05) is 0 Å². The molecule has 0 aliphatic carbocycles. The molecule has 1 unspecified atom stereocenters. The summed E-state index contributed by atoms with van der Waals surface area (Å²) in [6, 6.07) is -1.73. The Morgan fingerprint density at radius 2 is 2.08 bits per heavy atom. The fourth-order valence-electron chi connectivity index (χ4n) is 0.632. The summed E-state index contributed by atoms with van der Waals surface area (Å²) in [6.07, 6.45) is 1.03. The number of primary amides is 1. The van der Waals surface area contributed by atoms with Crippen LogP contribution in [0, 0.1) is 0 Å². The van der Waals surface area contributed by atoms with Gasteiger partial charge in [0.15, 0.2) is 0 Å². The maximum absolute atomic E-state index is 10.9. The van der Waals surface area contributed by atoms with Crippen LogP contribution in [-0.4, -0.2) is 24.6 Å². The first-order valence-electron chi connectivity index (χ1n) is 3.79. The smallest absolute Gasteiger partial charge is 0.348 e. The number of urea groups is 1. The summed E-state index contributed by atoms with van der Waals surface area (Å²) in [7, 11) is 0. The lowest BCUT2D eigenvalue weighted by Gasteiger charge is -2.09. The van der Waals surface area contributed by atoms with E-state index >= 15 is 0 Å². The van der Waals surface area contributed by atoms with Crippen molar-refractivity contribution in [2.45, 2.75) is 18.9 Å². The summed E-state index contributed by atoms with van der Waals surface area (Å²) in [5.74, 6) is -0.729. The van der Waals surface area contributed by atoms with Crippen LogP contribution in [-0.2, 0) is 9.63 Å². The Hall–Kier alpha value is -1.34. The molecule has 0 saturated heterocycles. The first-order valence-corrected chi connectivity index (χ1v) is 3.79. The van der Waals surface area contributed by atoms with Crippen LogP contribution in [0.4, 0.5) is 4.79 Å². The zero-order valence-corrected chi connectivity index (χ0v) is 7.16. The van der Waals surface area contributed by atoms with Crippen molar-refractivity contribution >= 4 is 12.0 Å². The van der Waals surface area contributed by atoms with E-state index in [1.165, 1.54) is 0 Å². The Balaban J connectivity index is 3.63. The van der Waals surface area contributed by atoms with Gasteiger partial charge in [-0.15, -0.1) is 0 Å². The average molecular weight is 190 g/mol. The van der Waals surface area contributed by atoms with Gasteiger partial charge < -0.3 is 22.0 Å². The Labute approximate surface area is 75.5 Å². The van der Waals surface area contributed by atoms with Gasteiger partial charge in [-0.1, -0.05) is 0 Å². The van der Waals surface area contributed by atoms with E-state index in [-0.39, 0.29) is 0 Å². The number of nitrogens with one attached hydrogen (secondary N) is 1. The molecule has 7 nitrogen and oxygen atoms in total. The van der Waals surface area contributed by atoms with Gasteiger partial charge in [-0.05, 0) is 19.4 Å². The van der Waals surface area contributed by atoms with Crippen LogP contribution in [0.5, 0.6) is 0 Å². The van der Waals surface area contributed by atoms with E-state index in [0.29, 0.717) is 19.4 Å². The molecule has 1 atom stereocenters. The summed E-state index contributed by atoms with van der Waals surface area (Å²) in [5, 5.41) is 0. The maximum atomic E-state index is 10.9. The molecule has 7 N–H and O–H groups in total. The summed E-state index contributed by atoms with van der Waals surface area (Å²) in [4.78, 5) is 25.2. The lowest BCUT2D eigenvalue weighted by molar-refractivity contribution is -0.150. The zero-order chi connectivity index (χ0) is 10.3. The van der Waals surface area contributed by atoms with Gasteiger partial charge in [-0.25, -0.2) is 9.59 Å². The van der Waals surface area contributed by atoms with Crippen molar-refractivity contribution in [3.63, 3.8) is 0 Å². The van der Waals surface area contributed by atoms with Crippen molar-refractivity contribution in [3.05, 3.63) is 0 Å². The summed E-state index contributed by atoms with van der Waals surface area (Å²) in [6.45, 7) is 0.449. The number of carbonyl (C=O) groups excluding carboxylic acids is 2. The van der Waals surface area contributed by atoms with Gasteiger partial charge in [0, 0.05) is 0 Å². The van der Waals surface area contributed by atoms with Crippen molar-refractivity contribution in [2.75, 3.05) is 6.54 Å². The second kappa shape index (κ2) is 6.21. The molecule has 0 radical (unpaired) electrons. The molecule has 0 spiro atoms. The maximum Gasteiger partial charge on any atom is 0.348 e. The van der Waals surface area contributed by atoms with E-state index in [2.05, 4.69) is 10.6 Å². The molecule has 0 fully saturated rings. The highest BCUT2D eigenvalue weighted by atomic mass is 16.7. The first kappa shape index (κ1) is 11.7. The minimum Gasteiger partial charge on any atom is -0.349 e. The van der Waals surface area contributed by atoms with E-state index in [1.54, 1.807) is 5.48 Å². The number of hydroxylamine groups is 1. The van der Waals surface area contributed by atoms with Crippen LogP contribution >= 0.6 is 0 Å². The van der Waals surface area contributed by atoms with Gasteiger partial charge in [0.1, 0.15) is 6.04 Å². The van der Waals surface area contributed by atoms with E-state index in [0.717, 1.165) is 0 Å². The monoisotopic (exact) mass is 190 g/mol. The standard InChI is InChI=1S/C6H14N4O3/c7-3-1-2-4(8)5(11)13-10-6(9)12/h4H,1-3,7-8H2,(H3,9,10,12). The highest BCUT2D eigenvalue weighted by Gasteiger charge is 2.14. The van der Waals surface area contributed by atoms with Crippen molar-refractivity contribution < 1.29 is 14.4 Å². The van der Waals surface area contributed by atoms with Gasteiger partial charge in [0.25, 0.3) is 0 Å². The van der Waals surface area contributed by atoms with E-state index in [4.69, 9.17) is 11.5 Å². The molecule has 0 bridgehead atoms. The predicted molar refractivity (Wildman–Crippen MR) is 45.1 cm³/mol. The first-order chi connectivity index (χ1) is 6.07. The van der Waals surface area contributed by atoms with Crippen molar-refractivity contribution in [2.24, 2.45) is 17.2 Å². The van der Waals surface area contributed by atoms with Crippen LogP contribution < -0.4 is 22.7 Å². The lowest BCUT2D eigenvalue weighted by atomic mass is 10.2. The van der Waals surface area contributed by atoms with Gasteiger partial charge in [-0.2, -0.15) is 5.48 Å². The van der Waals surface area contributed by atoms with Crippen LogP contribution in [0.3, 0.4) is 0 Å². The summed E-state index contributed by atoms with van der Waals surface area (Å²) in [5.41, 5.74) is 16.9. The van der Waals surface area contributed by atoms with Crippen molar-refractivity contribution in [1.29, 1.82) is 0 Å². The second-order valence-electron chi connectivity index (χ2n) is 2.42. The highest BCUT2D eigenvalue weighted by molar-refractivity contribution is 5.78. The molecule has 0 aromatic rings. The molecule has 0 aliphatic heterocycles. The van der Waals surface area contributed by atoms with Gasteiger partial charge in [0.05, 0.1) is 0 Å². The number of nitrogens with two attached hydrogens (primary N) is 3. The van der Waals surface area contributed by atoms with Crippen molar-refractivity contribution in [3.8, 4) is 0 Å². The number of hydrogen-bond acceptors (Lipinski definition) is 5. The highest BCUT2D eigenvalue weighted by Crippen LogP contribution is 1.94. The molecule has 0 aliphatic rings. The molecule has 0 aromatic carbocycles. The fraction of sp³-hybridized carbons (Fsp3) is 0.667. The van der Waals surface area contributed by atoms with Crippen LogP contribution in [0.1, 0.15) is 12.8 Å². The third-order valence-electron chi connectivity index (χ3n) is 1.27. The SMILES string of the molecule is NCCCC(N)C(=O)ONC(N)=O. The molecule has 2 amide bonds. The molecule has 0 aromatic heterocycles. The second-order valence-corrected chi connectivity index (χ2v) is 2.42. The summed E-state index contributed by atoms with van der Waals surface area (Å²) >= 11 is 0. The van der Waals surface area contributed by atoms with Crippen LogP contribution in [0.15, 0.2) is 0 Å². The van der Waals surface area contributed by atoms with Gasteiger partial charge >= 0.3 is 12.0 Å². The minimum atomic E-state index is -0.945. The molecule has 0 saturated carbocycles. The molecule has 76 valence electrons. The van der Waals surface area contributed by atoms with Gasteiger partial charge in [-0.3, -0.25) is 0 Å². The topological polar surface area (TPSA) is 133 Å². The normalized spacial score (nSPS) is 11.8. The molecular weight excluding hydrogens is 176 g/mol. The molecule has 13 heavy (non-hydrogen) atoms. The van der Waals surface area contributed by atoms with Crippen LogP contribution in [0.25, 0.3) is 0 Å². The lowest BCUT2D eigenvalue weighted by Crippen LogP contribution is -2.39. The quantitative estimate of drug-likeness (QED) is 0.387. The van der Waals surface area contributed by atoms with E-state index in [9.17, 15) is 9.59 Å². The fourth-order valence-corrected chi connectivity index (χ4v) is 0.632. The van der Waals surface area contributed by atoms with E-state index < -0.39 is 18.0 Å². The van der Waals surface area contributed by atoms with Gasteiger partial charge in [0.2, 0.25) is 0 Å². The molecule has 0 heterocycles. The number of hydrogen-bond donors (Lipinski definition) is 4. The Kier molecular flexibility index (Phi) is 5.57. The third kappa shape index (κ3) is 5.88. The van der Waals surface area contributed by atoms with Crippen molar-refractivity contribution in [1.82, 2.24) is 5.48 Å². The number of rotatable bonds is 4. The number of carbonyl (C=O) groups is 2. The summed E-state index contributed by atoms with van der Waals surface area (Å²) < 4.78 is 0. The third-order valence-corrected chi connectivity index (χ3v) is 1.27. The van der Waals surface area contributed by atoms with Crippen LogP contribution in [0.2, 0.25) is 0 Å². The number of amides is 2. The Bertz CT molecular complexity index is 185. The zero-order valence-electron chi connectivity index (χ0n) is 7.16. The minimum absolute atomic E-state index is 0.412. The Morgan fingerprint density at radius 3 is 2.54 bits per heavy atom. The Morgan fingerprint density at radius 1 is 1.46 bits per heavy atom. The predicted octanol–water partition coefficient (Wildman–Crippen LogP) is -1.82. The average Bonchev–Trinajstić information content (AvgIpc) is 2.10. The molecule has 7 heteroatoms.